The summed E-state index contributed by atoms with van der Waals surface area (Å²) in [5.74, 6) is 0.567. The number of hydrogen-bond donors (Lipinski definition) is 0. The van der Waals surface area contributed by atoms with Crippen molar-refractivity contribution < 1.29 is 4.79 Å². The van der Waals surface area contributed by atoms with E-state index in [-0.39, 0.29) is 5.91 Å². The Morgan fingerprint density at radius 2 is 1.78 bits per heavy atom. The Kier molecular flexibility index (Phi) is 4.80. The highest BCUT2D eigenvalue weighted by Crippen LogP contribution is 2.31. The molecular formula is C19H19IN2O. The first-order valence-corrected chi connectivity index (χ1v) is 8.89. The minimum atomic E-state index is 0.00500. The van der Waals surface area contributed by atoms with Crippen molar-refractivity contribution >= 4 is 45.6 Å². The molecule has 0 aromatic heterocycles. The fraction of sp³-hybridized carbons (Fsp3) is 0.263. The predicted molar refractivity (Wildman–Crippen MR) is 104 cm³/mol. The van der Waals surface area contributed by atoms with Crippen molar-refractivity contribution in [3.05, 3.63) is 57.7 Å². The predicted octanol–water partition coefficient (Wildman–Crippen LogP) is 4.80. The lowest BCUT2D eigenvalue weighted by molar-refractivity contribution is -0.112. The second-order valence-electron chi connectivity index (χ2n) is 6.09. The van der Waals surface area contributed by atoms with Gasteiger partial charge in [-0.25, -0.2) is 4.99 Å². The molecular weight excluding hydrogens is 399 g/mol. The molecule has 23 heavy (non-hydrogen) atoms. The van der Waals surface area contributed by atoms with E-state index in [1.54, 1.807) is 0 Å². The van der Waals surface area contributed by atoms with Gasteiger partial charge < -0.3 is 4.90 Å². The monoisotopic (exact) mass is 418 g/mol. The number of fused-ring (bicyclic) bond motifs is 1. The van der Waals surface area contributed by atoms with E-state index >= 15 is 0 Å². The molecule has 2 aromatic rings. The number of nitrogens with zero attached hydrogens (tertiary/aromatic N) is 2. The van der Waals surface area contributed by atoms with Crippen LogP contribution in [0, 0.1) is 9.49 Å². The number of para-hydroxylation sites is 1. The van der Waals surface area contributed by atoms with E-state index in [1.807, 2.05) is 53.4 Å². The molecule has 1 amide bonds. The standard InChI is InChI=1S/C19H19IN2O/c1-13(2)11-12-22-17-6-4-3-5-16(17)18(19(22)23)21-15-9-7-14(20)8-10-15/h3-10,13H,11-12H2,1-2H3. The van der Waals surface area contributed by atoms with Gasteiger partial charge in [-0.05, 0) is 65.3 Å². The Balaban J connectivity index is 1.98. The molecule has 1 heterocycles. The Hall–Kier alpha value is -1.69. The molecule has 4 heteroatoms. The van der Waals surface area contributed by atoms with Gasteiger partial charge in [0.1, 0.15) is 5.71 Å². The maximum absolute atomic E-state index is 12.8. The molecule has 0 fully saturated rings. The van der Waals surface area contributed by atoms with Gasteiger partial charge in [-0.2, -0.15) is 0 Å². The van der Waals surface area contributed by atoms with E-state index in [0.717, 1.165) is 33.5 Å². The molecule has 3 rings (SSSR count). The van der Waals surface area contributed by atoms with Crippen LogP contribution in [-0.4, -0.2) is 18.2 Å². The third kappa shape index (κ3) is 3.47. The molecule has 1 aliphatic heterocycles. The van der Waals surface area contributed by atoms with Crippen molar-refractivity contribution in [1.82, 2.24) is 0 Å². The minimum absolute atomic E-state index is 0.00500. The summed E-state index contributed by atoms with van der Waals surface area (Å²) in [4.78, 5) is 19.3. The van der Waals surface area contributed by atoms with Crippen molar-refractivity contribution in [2.24, 2.45) is 10.9 Å². The quantitative estimate of drug-likeness (QED) is 0.657. The van der Waals surface area contributed by atoms with Gasteiger partial charge in [-0.15, -0.1) is 0 Å². The number of rotatable bonds is 4. The third-order valence-electron chi connectivity index (χ3n) is 3.90. The topological polar surface area (TPSA) is 32.7 Å². The molecule has 1 aliphatic rings. The molecule has 0 saturated carbocycles. The van der Waals surface area contributed by atoms with Gasteiger partial charge in [0.25, 0.3) is 5.91 Å². The lowest BCUT2D eigenvalue weighted by Gasteiger charge is -2.17. The lowest BCUT2D eigenvalue weighted by atomic mass is 10.1. The molecule has 0 spiro atoms. The molecule has 0 aliphatic carbocycles. The average molecular weight is 418 g/mol. The van der Waals surface area contributed by atoms with Gasteiger partial charge >= 0.3 is 0 Å². The number of aliphatic imine (C=N–C) groups is 1. The van der Waals surface area contributed by atoms with Gasteiger partial charge in [0, 0.05) is 15.7 Å². The first-order valence-electron chi connectivity index (χ1n) is 7.82. The Morgan fingerprint density at radius 1 is 1.09 bits per heavy atom. The normalized spacial score (nSPS) is 15.6. The molecule has 0 saturated heterocycles. The average Bonchev–Trinajstić information content (AvgIpc) is 2.80. The number of benzene rings is 2. The van der Waals surface area contributed by atoms with Crippen LogP contribution in [0.3, 0.4) is 0 Å². The summed E-state index contributed by atoms with van der Waals surface area (Å²) < 4.78 is 1.16. The van der Waals surface area contributed by atoms with E-state index in [4.69, 9.17) is 0 Å². The van der Waals surface area contributed by atoms with Gasteiger partial charge in [-0.1, -0.05) is 32.0 Å². The van der Waals surface area contributed by atoms with E-state index < -0.39 is 0 Å². The molecule has 2 aromatic carbocycles. The molecule has 3 nitrogen and oxygen atoms in total. The van der Waals surface area contributed by atoms with Crippen LogP contribution in [0.4, 0.5) is 11.4 Å². The Morgan fingerprint density at radius 3 is 2.48 bits per heavy atom. The van der Waals surface area contributed by atoms with Crippen molar-refractivity contribution in [3.8, 4) is 0 Å². The molecule has 0 unspecified atom stereocenters. The summed E-state index contributed by atoms with van der Waals surface area (Å²) in [6.45, 7) is 5.08. The lowest BCUT2D eigenvalue weighted by Crippen LogP contribution is -2.31. The van der Waals surface area contributed by atoms with Gasteiger partial charge in [0.15, 0.2) is 0 Å². The first-order chi connectivity index (χ1) is 11.1. The van der Waals surface area contributed by atoms with Crippen LogP contribution in [0.2, 0.25) is 0 Å². The first kappa shape index (κ1) is 16.2. The molecule has 0 radical (unpaired) electrons. The number of carbonyl (C=O) groups excluding carboxylic acids is 1. The van der Waals surface area contributed by atoms with Crippen LogP contribution in [0.5, 0.6) is 0 Å². The largest absolute Gasteiger partial charge is 0.306 e. The zero-order valence-corrected chi connectivity index (χ0v) is 15.4. The fourth-order valence-electron chi connectivity index (χ4n) is 2.62. The highest BCUT2D eigenvalue weighted by Gasteiger charge is 2.33. The van der Waals surface area contributed by atoms with Crippen LogP contribution < -0.4 is 4.90 Å². The zero-order chi connectivity index (χ0) is 16.4. The number of amides is 1. The maximum atomic E-state index is 12.8. The van der Waals surface area contributed by atoms with E-state index in [9.17, 15) is 4.79 Å². The summed E-state index contributed by atoms with van der Waals surface area (Å²) in [6.07, 6.45) is 0.983. The van der Waals surface area contributed by atoms with Crippen LogP contribution in [0.25, 0.3) is 0 Å². The Labute approximate surface area is 150 Å². The summed E-state index contributed by atoms with van der Waals surface area (Å²) in [7, 11) is 0. The summed E-state index contributed by atoms with van der Waals surface area (Å²) in [6, 6.07) is 15.8. The van der Waals surface area contributed by atoms with Crippen molar-refractivity contribution in [2.75, 3.05) is 11.4 Å². The van der Waals surface area contributed by atoms with E-state index in [0.29, 0.717) is 11.6 Å². The molecule has 0 atom stereocenters. The number of anilines is 1. The smallest absolute Gasteiger partial charge is 0.277 e. The van der Waals surface area contributed by atoms with Crippen LogP contribution >= 0.6 is 22.6 Å². The van der Waals surface area contributed by atoms with Crippen molar-refractivity contribution in [3.63, 3.8) is 0 Å². The van der Waals surface area contributed by atoms with Crippen LogP contribution in [0.1, 0.15) is 25.8 Å². The second kappa shape index (κ2) is 6.83. The number of halogens is 1. The van der Waals surface area contributed by atoms with Gasteiger partial charge in [0.2, 0.25) is 0 Å². The van der Waals surface area contributed by atoms with Crippen molar-refractivity contribution in [1.29, 1.82) is 0 Å². The third-order valence-corrected chi connectivity index (χ3v) is 4.61. The number of carbonyl (C=O) groups is 1. The highest BCUT2D eigenvalue weighted by atomic mass is 127. The van der Waals surface area contributed by atoms with E-state index in [1.165, 1.54) is 0 Å². The summed E-state index contributed by atoms with van der Waals surface area (Å²) in [5, 5.41) is 0. The summed E-state index contributed by atoms with van der Waals surface area (Å²) >= 11 is 2.26. The van der Waals surface area contributed by atoms with Crippen LogP contribution in [-0.2, 0) is 4.79 Å². The van der Waals surface area contributed by atoms with E-state index in [2.05, 4.69) is 41.4 Å². The van der Waals surface area contributed by atoms with Gasteiger partial charge in [-0.3, -0.25) is 4.79 Å². The maximum Gasteiger partial charge on any atom is 0.277 e. The van der Waals surface area contributed by atoms with Crippen molar-refractivity contribution in [2.45, 2.75) is 20.3 Å². The molecule has 0 N–H and O–H groups in total. The summed E-state index contributed by atoms with van der Waals surface area (Å²) in [5.41, 5.74) is 3.27. The molecule has 0 bridgehead atoms. The fourth-order valence-corrected chi connectivity index (χ4v) is 2.98. The molecule has 118 valence electrons. The minimum Gasteiger partial charge on any atom is -0.306 e. The highest BCUT2D eigenvalue weighted by molar-refractivity contribution is 14.1. The Bertz CT molecular complexity index is 750. The van der Waals surface area contributed by atoms with Crippen LogP contribution in [0.15, 0.2) is 53.5 Å². The van der Waals surface area contributed by atoms with Gasteiger partial charge in [0.05, 0.1) is 11.4 Å². The zero-order valence-electron chi connectivity index (χ0n) is 13.3. The number of hydrogen-bond acceptors (Lipinski definition) is 2. The second-order valence-corrected chi connectivity index (χ2v) is 7.34. The SMILES string of the molecule is CC(C)CCN1C(=O)C(=Nc2ccc(I)cc2)c2ccccc21.